The van der Waals surface area contributed by atoms with Gasteiger partial charge in [-0.05, 0) is 38.1 Å². The lowest BCUT2D eigenvalue weighted by molar-refractivity contribution is -0.0277. The summed E-state index contributed by atoms with van der Waals surface area (Å²) < 4.78 is 5.78. The van der Waals surface area contributed by atoms with E-state index in [1.807, 2.05) is 6.07 Å². The average Bonchev–Trinajstić information content (AvgIpc) is 2.36. The largest absolute Gasteiger partial charge is 0.372 e. The van der Waals surface area contributed by atoms with Gasteiger partial charge in [0.15, 0.2) is 0 Å². The third kappa shape index (κ3) is 3.85. The predicted octanol–water partition coefficient (Wildman–Crippen LogP) is 3.06. The Morgan fingerprint density at radius 1 is 1.42 bits per heavy atom. The van der Waals surface area contributed by atoms with Gasteiger partial charge in [0.1, 0.15) is 0 Å². The van der Waals surface area contributed by atoms with Crippen LogP contribution in [0.15, 0.2) is 18.2 Å². The summed E-state index contributed by atoms with van der Waals surface area (Å²) in [5.41, 5.74) is 2.42. The maximum atomic E-state index is 6.16. The Bertz CT molecular complexity index is 434. The zero-order valence-corrected chi connectivity index (χ0v) is 12.8. The van der Waals surface area contributed by atoms with E-state index < -0.39 is 0 Å². The highest BCUT2D eigenvalue weighted by Crippen LogP contribution is 2.29. The third-order valence-electron chi connectivity index (χ3n) is 3.38. The van der Waals surface area contributed by atoms with Gasteiger partial charge in [0.05, 0.1) is 12.2 Å². The number of anilines is 1. The molecule has 3 nitrogen and oxygen atoms in total. The van der Waals surface area contributed by atoms with Gasteiger partial charge in [0.2, 0.25) is 0 Å². The number of ether oxygens (including phenoxy) is 1. The molecule has 19 heavy (non-hydrogen) atoms. The maximum Gasteiger partial charge on any atom is 0.0801 e. The molecule has 2 rings (SSSR count). The molecule has 0 radical (unpaired) electrons. The Morgan fingerprint density at radius 2 is 2.21 bits per heavy atom. The van der Waals surface area contributed by atoms with E-state index in [0.717, 1.165) is 37.8 Å². The molecule has 0 aliphatic carbocycles. The maximum absolute atomic E-state index is 6.16. The normalized spacial score (nSPS) is 18.6. The molecule has 0 atom stereocenters. The number of morpholine rings is 1. The molecule has 0 saturated carbocycles. The first kappa shape index (κ1) is 14.6. The molecule has 0 unspecified atom stereocenters. The van der Waals surface area contributed by atoms with E-state index >= 15 is 0 Å². The van der Waals surface area contributed by atoms with Gasteiger partial charge in [-0.2, -0.15) is 0 Å². The number of rotatable bonds is 4. The van der Waals surface area contributed by atoms with Gasteiger partial charge in [-0.3, -0.25) is 0 Å². The van der Waals surface area contributed by atoms with Crippen LogP contribution in [-0.4, -0.2) is 31.8 Å². The minimum absolute atomic E-state index is 0.101. The molecular formula is C15H23ClN2O. The third-order valence-corrected chi connectivity index (χ3v) is 3.61. The molecule has 4 heteroatoms. The first-order valence-corrected chi connectivity index (χ1v) is 7.28. The fourth-order valence-corrected chi connectivity index (χ4v) is 2.63. The van der Waals surface area contributed by atoms with Crippen molar-refractivity contribution < 1.29 is 4.74 Å². The molecule has 1 aliphatic heterocycles. The van der Waals surface area contributed by atoms with Crippen LogP contribution in [0.5, 0.6) is 0 Å². The predicted molar refractivity (Wildman–Crippen MR) is 81.1 cm³/mol. The van der Waals surface area contributed by atoms with E-state index in [0.29, 0.717) is 0 Å². The van der Waals surface area contributed by atoms with E-state index in [1.165, 1.54) is 11.3 Å². The van der Waals surface area contributed by atoms with E-state index in [1.54, 1.807) is 0 Å². The van der Waals surface area contributed by atoms with Gasteiger partial charge in [-0.15, -0.1) is 0 Å². The second kappa shape index (κ2) is 6.12. The molecule has 0 spiro atoms. The van der Waals surface area contributed by atoms with Crippen LogP contribution in [0.25, 0.3) is 0 Å². The SMILES string of the molecule is CCNCc1ccc(Cl)cc1N1CCOC(C)(C)C1. The number of nitrogens with zero attached hydrogens (tertiary/aromatic N) is 1. The van der Waals surface area contributed by atoms with Crippen LogP contribution in [0.1, 0.15) is 26.3 Å². The minimum Gasteiger partial charge on any atom is -0.372 e. The molecular weight excluding hydrogens is 260 g/mol. The number of hydrogen-bond acceptors (Lipinski definition) is 3. The zero-order valence-electron chi connectivity index (χ0n) is 12.0. The van der Waals surface area contributed by atoms with Crippen molar-refractivity contribution in [3.05, 3.63) is 28.8 Å². The van der Waals surface area contributed by atoms with Crippen molar-refractivity contribution in [2.24, 2.45) is 0 Å². The van der Waals surface area contributed by atoms with Crippen molar-refractivity contribution in [1.29, 1.82) is 0 Å². The Hall–Kier alpha value is -0.770. The van der Waals surface area contributed by atoms with Gasteiger partial charge in [-0.25, -0.2) is 0 Å². The summed E-state index contributed by atoms with van der Waals surface area (Å²) in [7, 11) is 0. The lowest BCUT2D eigenvalue weighted by Gasteiger charge is -2.40. The van der Waals surface area contributed by atoms with Crippen molar-refractivity contribution in [2.45, 2.75) is 32.9 Å². The molecule has 1 fully saturated rings. The Kier molecular flexibility index (Phi) is 4.71. The van der Waals surface area contributed by atoms with Crippen molar-refractivity contribution >= 4 is 17.3 Å². The summed E-state index contributed by atoms with van der Waals surface area (Å²) >= 11 is 6.16. The van der Waals surface area contributed by atoms with Crippen LogP contribution in [0, 0.1) is 0 Å². The smallest absolute Gasteiger partial charge is 0.0801 e. The molecule has 1 N–H and O–H groups in total. The second-order valence-corrected chi connectivity index (χ2v) is 6.02. The van der Waals surface area contributed by atoms with Gasteiger partial charge >= 0.3 is 0 Å². The van der Waals surface area contributed by atoms with Crippen LogP contribution < -0.4 is 10.2 Å². The summed E-state index contributed by atoms with van der Waals surface area (Å²) in [6, 6.07) is 6.14. The number of nitrogens with one attached hydrogen (secondary N) is 1. The second-order valence-electron chi connectivity index (χ2n) is 5.58. The highest BCUT2D eigenvalue weighted by atomic mass is 35.5. The van der Waals surface area contributed by atoms with E-state index in [-0.39, 0.29) is 5.60 Å². The highest BCUT2D eigenvalue weighted by molar-refractivity contribution is 6.30. The number of halogens is 1. The van der Waals surface area contributed by atoms with Crippen molar-refractivity contribution in [3.8, 4) is 0 Å². The molecule has 106 valence electrons. The molecule has 0 aromatic heterocycles. The lowest BCUT2D eigenvalue weighted by Crippen LogP contribution is -2.48. The van der Waals surface area contributed by atoms with Crippen LogP contribution in [0.4, 0.5) is 5.69 Å². The zero-order chi connectivity index (χ0) is 13.9. The van der Waals surface area contributed by atoms with Gasteiger partial charge in [-0.1, -0.05) is 24.6 Å². The monoisotopic (exact) mass is 282 g/mol. The molecule has 0 bridgehead atoms. The topological polar surface area (TPSA) is 24.5 Å². The highest BCUT2D eigenvalue weighted by Gasteiger charge is 2.28. The summed E-state index contributed by atoms with van der Waals surface area (Å²) in [6.07, 6.45) is 0. The Balaban J connectivity index is 2.23. The summed E-state index contributed by atoms with van der Waals surface area (Å²) in [6.45, 7) is 10.8. The standard InChI is InChI=1S/C15H23ClN2O/c1-4-17-10-12-5-6-13(16)9-14(12)18-7-8-19-15(2,3)11-18/h5-6,9,17H,4,7-8,10-11H2,1-3H3. The van der Waals surface area contributed by atoms with Crippen LogP contribution in [0.2, 0.25) is 5.02 Å². The van der Waals surface area contributed by atoms with Gasteiger partial charge in [0.25, 0.3) is 0 Å². The number of hydrogen-bond donors (Lipinski definition) is 1. The van der Waals surface area contributed by atoms with Crippen LogP contribution in [-0.2, 0) is 11.3 Å². The molecule has 0 amide bonds. The molecule has 1 saturated heterocycles. The quantitative estimate of drug-likeness (QED) is 0.919. The molecule has 1 aliphatic rings. The Morgan fingerprint density at radius 3 is 2.89 bits per heavy atom. The fourth-order valence-electron chi connectivity index (χ4n) is 2.46. The molecule has 1 aromatic carbocycles. The lowest BCUT2D eigenvalue weighted by atomic mass is 10.0. The van der Waals surface area contributed by atoms with Gasteiger partial charge < -0.3 is 15.0 Å². The average molecular weight is 283 g/mol. The van der Waals surface area contributed by atoms with Crippen molar-refractivity contribution in [3.63, 3.8) is 0 Å². The first-order chi connectivity index (χ1) is 9.02. The van der Waals surface area contributed by atoms with E-state index in [2.05, 4.69) is 43.1 Å². The summed E-state index contributed by atoms with van der Waals surface area (Å²) in [5.74, 6) is 0. The Labute approximate surface area is 120 Å². The van der Waals surface area contributed by atoms with Crippen LogP contribution in [0.3, 0.4) is 0 Å². The number of benzene rings is 1. The first-order valence-electron chi connectivity index (χ1n) is 6.90. The van der Waals surface area contributed by atoms with Crippen molar-refractivity contribution in [1.82, 2.24) is 5.32 Å². The summed E-state index contributed by atoms with van der Waals surface area (Å²) in [4.78, 5) is 2.38. The van der Waals surface area contributed by atoms with Crippen molar-refractivity contribution in [2.75, 3.05) is 31.1 Å². The minimum atomic E-state index is -0.101. The van der Waals surface area contributed by atoms with Gasteiger partial charge in [0, 0.05) is 30.3 Å². The fraction of sp³-hybridized carbons (Fsp3) is 0.600. The molecule has 1 aromatic rings. The van der Waals surface area contributed by atoms with Crippen LogP contribution >= 0.6 is 11.6 Å². The van der Waals surface area contributed by atoms with E-state index in [9.17, 15) is 0 Å². The molecule has 1 heterocycles. The summed E-state index contributed by atoms with van der Waals surface area (Å²) in [5, 5.41) is 4.17. The van der Waals surface area contributed by atoms with E-state index in [4.69, 9.17) is 16.3 Å².